The van der Waals surface area contributed by atoms with Gasteiger partial charge in [0.1, 0.15) is 24.5 Å². The highest BCUT2D eigenvalue weighted by molar-refractivity contribution is 5.88. The molecule has 1 aliphatic heterocycles. The van der Waals surface area contributed by atoms with E-state index in [9.17, 15) is 19.5 Å². The summed E-state index contributed by atoms with van der Waals surface area (Å²) in [5.74, 6) is -0.875. The Hall–Kier alpha value is -2.39. The second-order valence-electron chi connectivity index (χ2n) is 4.63. The maximum Gasteiger partial charge on any atom is 0.345 e. The van der Waals surface area contributed by atoms with E-state index in [1.807, 2.05) is 4.98 Å². The summed E-state index contributed by atoms with van der Waals surface area (Å²) < 4.78 is 16.0. The lowest BCUT2D eigenvalue weighted by molar-refractivity contribution is -0.0485. The molecule has 0 unspecified atom stereocenters. The summed E-state index contributed by atoms with van der Waals surface area (Å²) in [7, 11) is 1.12. The Balaban J connectivity index is 2.29. The van der Waals surface area contributed by atoms with Crippen molar-refractivity contribution in [2.75, 3.05) is 13.7 Å². The Bertz CT molecular complexity index is 678. The fourth-order valence-corrected chi connectivity index (χ4v) is 2.15. The van der Waals surface area contributed by atoms with Crippen LogP contribution in [0.5, 0.6) is 0 Å². The zero-order valence-corrected chi connectivity index (χ0v) is 11.9. The van der Waals surface area contributed by atoms with Crippen LogP contribution in [0.25, 0.3) is 0 Å². The molecular weight excluding hydrogens is 296 g/mol. The monoisotopic (exact) mass is 312 g/mol. The van der Waals surface area contributed by atoms with Gasteiger partial charge in [0.15, 0.2) is 0 Å². The standard InChI is InChI=1S/C13H16N2O7/c1-3-21-6-9-8(16)4-10(22-9)15-5-7(12(18)20-2)11(17)14-13(15)19/h3,5,8-10,16H,1,4,6H2,2H3,(H,14,17,19)/t8-,9+,10+/m0/s1. The molecule has 1 aromatic rings. The van der Waals surface area contributed by atoms with E-state index in [1.165, 1.54) is 6.26 Å². The van der Waals surface area contributed by atoms with E-state index >= 15 is 0 Å². The van der Waals surface area contributed by atoms with Crippen LogP contribution in [0.1, 0.15) is 23.0 Å². The highest BCUT2D eigenvalue weighted by Gasteiger charge is 2.36. The first-order valence-corrected chi connectivity index (χ1v) is 6.47. The zero-order valence-electron chi connectivity index (χ0n) is 11.9. The van der Waals surface area contributed by atoms with Crippen molar-refractivity contribution >= 4 is 5.97 Å². The Morgan fingerprint density at radius 1 is 1.64 bits per heavy atom. The van der Waals surface area contributed by atoms with Crippen LogP contribution in [0.15, 0.2) is 28.6 Å². The minimum atomic E-state index is -0.875. The number of H-pyrrole nitrogens is 1. The fraction of sp³-hybridized carbons (Fsp3) is 0.462. The molecule has 9 nitrogen and oxygen atoms in total. The number of hydrogen-bond acceptors (Lipinski definition) is 7. The third-order valence-corrected chi connectivity index (χ3v) is 3.27. The van der Waals surface area contributed by atoms with Gasteiger partial charge in [-0.2, -0.15) is 0 Å². The van der Waals surface area contributed by atoms with E-state index in [4.69, 9.17) is 9.47 Å². The van der Waals surface area contributed by atoms with E-state index in [1.54, 1.807) is 0 Å². The molecule has 0 amide bonds. The lowest BCUT2D eigenvalue weighted by atomic mass is 10.2. The van der Waals surface area contributed by atoms with Crippen molar-refractivity contribution in [2.24, 2.45) is 0 Å². The molecule has 1 fully saturated rings. The van der Waals surface area contributed by atoms with Crippen LogP contribution in [0, 0.1) is 0 Å². The van der Waals surface area contributed by atoms with Crippen LogP contribution >= 0.6 is 0 Å². The largest absolute Gasteiger partial charge is 0.499 e. The quantitative estimate of drug-likeness (QED) is 0.535. The number of rotatable bonds is 5. The predicted octanol–water partition coefficient (Wildman–Crippen LogP) is -0.868. The Labute approximate surface area is 124 Å². The Morgan fingerprint density at radius 3 is 3.00 bits per heavy atom. The number of hydrogen-bond donors (Lipinski definition) is 2. The fourth-order valence-electron chi connectivity index (χ4n) is 2.15. The van der Waals surface area contributed by atoms with Crippen LogP contribution in [0.2, 0.25) is 0 Å². The first-order valence-electron chi connectivity index (χ1n) is 6.47. The zero-order chi connectivity index (χ0) is 16.3. The van der Waals surface area contributed by atoms with Crippen LogP contribution in [-0.4, -0.2) is 46.6 Å². The number of aromatic nitrogens is 2. The Kier molecular flexibility index (Phi) is 4.78. The lowest BCUT2D eigenvalue weighted by Gasteiger charge is -2.16. The van der Waals surface area contributed by atoms with Crippen LogP contribution < -0.4 is 11.2 Å². The number of aromatic amines is 1. The average molecular weight is 312 g/mol. The van der Waals surface area contributed by atoms with E-state index < -0.39 is 35.7 Å². The summed E-state index contributed by atoms with van der Waals surface area (Å²) >= 11 is 0. The van der Waals surface area contributed by atoms with Crippen LogP contribution in [-0.2, 0) is 14.2 Å². The number of aliphatic hydroxyl groups is 1. The van der Waals surface area contributed by atoms with Crippen molar-refractivity contribution < 1.29 is 24.1 Å². The van der Waals surface area contributed by atoms with E-state index in [0.717, 1.165) is 17.9 Å². The molecule has 2 N–H and O–H groups in total. The molecule has 0 radical (unpaired) electrons. The smallest absolute Gasteiger partial charge is 0.345 e. The van der Waals surface area contributed by atoms with Crippen LogP contribution in [0.4, 0.5) is 0 Å². The predicted molar refractivity (Wildman–Crippen MR) is 73.3 cm³/mol. The molecule has 0 spiro atoms. The van der Waals surface area contributed by atoms with Gasteiger partial charge in [-0.15, -0.1) is 0 Å². The van der Waals surface area contributed by atoms with Crippen molar-refractivity contribution in [2.45, 2.75) is 24.9 Å². The van der Waals surface area contributed by atoms with Crippen molar-refractivity contribution in [1.82, 2.24) is 9.55 Å². The summed E-state index contributed by atoms with van der Waals surface area (Å²) in [6, 6.07) is 0. The molecule has 2 rings (SSSR count). The number of nitrogens with one attached hydrogen (secondary N) is 1. The number of methoxy groups -OCH3 is 1. The first-order chi connectivity index (χ1) is 10.5. The highest BCUT2D eigenvalue weighted by Crippen LogP contribution is 2.27. The minimum Gasteiger partial charge on any atom is -0.499 e. The summed E-state index contributed by atoms with van der Waals surface area (Å²) in [6.45, 7) is 3.45. The summed E-state index contributed by atoms with van der Waals surface area (Å²) in [5.41, 5.74) is -1.93. The molecule has 1 aromatic heterocycles. The van der Waals surface area contributed by atoms with Gasteiger partial charge in [-0.1, -0.05) is 6.58 Å². The summed E-state index contributed by atoms with van der Waals surface area (Å²) in [6.07, 6.45) is 0.0407. The van der Waals surface area contributed by atoms with Gasteiger partial charge in [-0.3, -0.25) is 14.3 Å². The number of nitrogens with zero attached hydrogens (tertiary/aromatic N) is 1. The van der Waals surface area contributed by atoms with Crippen molar-refractivity contribution in [3.8, 4) is 0 Å². The minimum absolute atomic E-state index is 0.0725. The number of ether oxygens (including phenoxy) is 3. The van der Waals surface area contributed by atoms with Gasteiger partial charge in [-0.05, 0) is 0 Å². The number of carbonyl (C=O) groups excluding carboxylic acids is 1. The van der Waals surface area contributed by atoms with Crippen molar-refractivity contribution in [3.05, 3.63) is 45.4 Å². The van der Waals surface area contributed by atoms with Crippen LogP contribution in [0.3, 0.4) is 0 Å². The van der Waals surface area contributed by atoms with Crippen molar-refractivity contribution in [1.29, 1.82) is 0 Å². The molecule has 3 atom stereocenters. The molecule has 0 saturated carbocycles. The molecule has 120 valence electrons. The van der Waals surface area contributed by atoms with Crippen molar-refractivity contribution in [3.63, 3.8) is 0 Å². The highest BCUT2D eigenvalue weighted by atomic mass is 16.6. The topological polar surface area (TPSA) is 120 Å². The second-order valence-corrected chi connectivity index (χ2v) is 4.63. The summed E-state index contributed by atoms with van der Waals surface area (Å²) in [4.78, 5) is 37.0. The molecule has 22 heavy (non-hydrogen) atoms. The molecule has 0 aromatic carbocycles. The third-order valence-electron chi connectivity index (χ3n) is 3.27. The number of carbonyl (C=O) groups is 1. The van der Waals surface area contributed by atoms with E-state index in [0.29, 0.717) is 0 Å². The number of esters is 1. The van der Waals surface area contributed by atoms with Gasteiger partial charge in [0.05, 0.1) is 19.5 Å². The first kappa shape index (κ1) is 16.0. The number of aliphatic hydroxyl groups excluding tert-OH is 1. The molecule has 1 saturated heterocycles. The summed E-state index contributed by atoms with van der Waals surface area (Å²) in [5, 5.41) is 9.90. The molecule has 2 heterocycles. The lowest BCUT2D eigenvalue weighted by Crippen LogP contribution is -2.35. The van der Waals surface area contributed by atoms with Gasteiger partial charge in [0, 0.05) is 12.6 Å². The average Bonchev–Trinajstić information content (AvgIpc) is 2.85. The molecule has 1 aliphatic rings. The molecule has 0 aliphatic carbocycles. The molecule has 0 bridgehead atoms. The molecule has 9 heteroatoms. The van der Waals surface area contributed by atoms with E-state index in [-0.39, 0.29) is 18.6 Å². The maximum absolute atomic E-state index is 11.9. The normalized spacial score (nSPS) is 24.0. The van der Waals surface area contributed by atoms with Gasteiger partial charge in [-0.25, -0.2) is 9.59 Å². The SMILES string of the molecule is C=COC[C@H]1O[C@@H](n2cc(C(=O)OC)c(=O)[nH]c2=O)C[C@@H]1O. The van der Waals surface area contributed by atoms with E-state index in [2.05, 4.69) is 11.3 Å². The molecular formula is C13H16N2O7. The Morgan fingerprint density at radius 2 is 2.36 bits per heavy atom. The van der Waals surface area contributed by atoms with Gasteiger partial charge in [0.2, 0.25) is 0 Å². The van der Waals surface area contributed by atoms with Gasteiger partial charge >= 0.3 is 11.7 Å². The third kappa shape index (κ3) is 3.10. The van der Waals surface area contributed by atoms with Gasteiger partial charge < -0.3 is 19.3 Å². The van der Waals surface area contributed by atoms with Gasteiger partial charge in [0.25, 0.3) is 5.56 Å². The maximum atomic E-state index is 11.9. The second kappa shape index (κ2) is 6.58.